The molecular formula is C11H16BrClN2. The fourth-order valence-electron chi connectivity index (χ4n) is 1.85. The smallest absolute Gasteiger partial charge is 0.0234 e. The molecule has 1 aromatic carbocycles. The first kappa shape index (κ1) is 13.0. The second kappa shape index (κ2) is 5.85. The lowest BCUT2D eigenvalue weighted by atomic mass is 10.2. The van der Waals surface area contributed by atoms with Gasteiger partial charge in [0.2, 0.25) is 0 Å². The third-order valence-electron chi connectivity index (χ3n) is 2.63. The zero-order valence-corrected chi connectivity index (χ0v) is 10.9. The average molecular weight is 292 g/mol. The molecule has 1 fully saturated rings. The quantitative estimate of drug-likeness (QED) is 0.907. The van der Waals surface area contributed by atoms with Crippen LogP contribution in [0.5, 0.6) is 0 Å². The molecule has 1 saturated heterocycles. The van der Waals surface area contributed by atoms with E-state index >= 15 is 0 Å². The van der Waals surface area contributed by atoms with E-state index in [1.165, 1.54) is 5.56 Å². The Bertz CT molecular complexity index is 302. The van der Waals surface area contributed by atoms with Crippen LogP contribution in [-0.2, 0) is 6.54 Å². The third-order valence-corrected chi connectivity index (χ3v) is 3.16. The molecule has 4 heteroatoms. The SMILES string of the molecule is Cl.N[C@H]1CCN(Cc2ccc(Br)cc2)C1. The van der Waals surface area contributed by atoms with Crippen molar-refractivity contribution in [1.82, 2.24) is 4.90 Å². The Balaban J connectivity index is 0.00000112. The van der Waals surface area contributed by atoms with Crippen LogP contribution in [-0.4, -0.2) is 24.0 Å². The lowest BCUT2D eigenvalue weighted by molar-refractivity contribution is 0.327. The molecule has 1 atom stereocenters. The van der Waals surface area contributed by atoms with Gasteiger partial charge in [-0.2, -0.15) is 0 Å². The second-order valence-electron chi connectivity index (χ2n) is 3.91. The molecule has 1 aliphatic heterocycles. The van der Waals surface area contributed by atoms with E-state index in [2.05, 4.69) is 45.1 Å². The van der Waals surface area contributed by atoms with E-state index in [4.69, 9.17) is 5.73 Å². The number of nitrogens with zero attached hydrogens (tertiary/aromatic N) is 1. The Morgan fingerprint density at radius 2 is 2.00 bits per heavy atom. The predicted molar refractivity (Wildman–Crippen MR) is 69.3 cm³/mol. The fourth-order valence-corrected chi connectivity index (χ4v) is 2.12. The van der Waals surface area contributed by atoms with E-state index in [1.807, 2.05) is 0 Å². The van der Waals surface area contributed by atoms with E-state index in [9.17, 15) is 0 Å². The van der Waals surface area contributed by atoms with E-state index in [1.54, 1.807) is 0 Å². The van der Waals surface area contributed by atoms with Gasteiger partial charge in [0.25, 0.3) is 0 Å². The Labute approximate surface area is 105 Å². The molecule has 0 unspecified atom stereocenters. The highest BCUT2D eigenvalue weighted by Gasteiger charge is 2.18. The number of rotatable bonds is 2. The highest BCUT2D eigenvalue weighted by atomic mass is 79.9. The van der Waals surface area contributed by atoms with E-state index in [0.717, 1.165) is 30.5 Å². The van der Waals surface area contributed by atoms with Crippen LogP contribution in [0.3, 0.4) is 0 Å². The first-order chi connectivity index (χ1) is 6.74. The normalized spacial score (nSPS) is 21.3. The van der Waals surface area contributed by atoms with Crippen molar-refractivity contribution < 1.29 is 0 Å². The maximum absolute atomic E-state index is 5.85. The van der Waals surface area contributed by atoms with Crippen molar-refractivity contribution in [1.29, 1.82) is 0 Å². The molecule has 0 saturated carbocycles. The summed E-state index contributed by atoms with van der Waals surface area (Å²) < 4.78 is 1.14. The highest BCUT2D eigenvalue weighted by molar-refractivity contribution is 9.10. The summed E-state index contributed by atoms with van der Waals surface area (Å²) in [5.41, 5.74) is 7.22. The van der Waals surface area contributed by atoms with Crippen LogP contribution in [0.4, 0.5) is 0 Å². The molecule has 0 aliphatic carbocycles. The first-order valence-electron chi connectivity index (χ1n) is 4.96. The molecule has 2 rings (SSSR count). The monoisotopic (exact) mass is 290 g/mol. The number of nitrogens with two attached hydrogens (primary N) is 1. The maximum Gasteiger partial charge on any atom is 0.0234 e. The van der Waals surface area contributed by atoms with Gasteiger partial charge in [-0.3, -0.25) is 4.90 Å². The van der Waals surface area contributed by atoms with Crippen molar-refractivity contribution in [2.45, 2.75) is 19.0 Å². The van der Waals surface area contributed by atoms with E-state index in [0.29, 0.717) is 6.04 Å². The van der Waals surface area contributed by atoms with Crippen molar-refractivity contribution >= 4 is 28.3 Å². The summed E-state index contributed by atoms with van der Waals surface area (Å²) in [6.45, 7) is 3.20. The summed E-state index contributed by atoms with van der Waals surface area (Å²) in [5.74, 6) is 0. The van der Waals surface area contributed by atoms with Gasteiger partial charge in [0, 0.05) is 30.1 Å². The Morgan fingerprint density at radius 1 is 1.33 bits per heavy atom. The molecule has 15 heavy (non-hydrogen) atoms. The number of halogens is 2. The minimum Gasteiger partial charge on any atom is -0.326 e. The van der Waals surface area contributed by atoms with Gasteiger partial charge in [0.15, 0.2) is 0 Å². The van der Waals surface area contributed by atoms with Gasteiger partial charge in [0.05, 0.1) is 0 Å². The summed E-state index contributed by atoms with van der Waals surface area (Å²) in [5, 5.41) is 0. The largest absolute Gasteiger partial charge is 0.326 e. The lowest BCUT2D eigenvalue weighted by Gasteiger charge is -2.14. The fraction of sp³-hybridized carbons (Fsp3) is 0.455. The van der Waals surface area contributed by atoms with Crippen LogP contribution >= 0.6 is 28.3 Å². The summed E-state index contributed by atoms with van der Waals surface area (Å²) in [6, 6.07) is 8.88. The van der Waals surface area contributed by atoms with Crippen molar-refractivity contribution in [2.75, 3.05) is 13.1 Å². The summed E-state index contributed by atoms with van der Waals surface area (Å²) in [6.07, 6.45) is 1.14. The van der Waals surface area contributed by atoms with Gasteiger partial charge >= 0.3 is 0 Å². The molecule has 2 N–H and O–H groups in total. The van der Waals surface area contributed by atoms with Crippen molar-refractivity contribution in [3.05, 3.63) is 34.3 Å². The maximum atomic E-state index is 5.85. The number of benzene rings is 1. The molecule has 0 amide bonds. The summed E-state index contributed by atoms with van der Waals surface area (Å²) in [7, 11) is 0. The molecule has 0 radical (unpaired) electrons. The zero-order chi connectivity index (χ0) is 9.97. The minimum absolute atomic E-state index is 0. The minimum atomic E-state index is 0. The van der Waals surface area contributed by atoms with Gasteiger partial charge in [-0.1, -0.05) is 28.1 Å². The number of hydrogen-bond donors (Lipinski definition) is 1. The van der Waals surface area contributed by atoms with Crippen LogP contribution in [0.25, 0.3) is 0 Å². The summed E-state index contributed by atoms with van der Waals surface area (Å²) in [4.78, 5) is 2.41. The van der Waals surface area contributed by atoms with Gasteiger partial charge in [-0.05, 0) is 24.1 Å². The molecule has 1 aromatic rings. The van der Waals surface area contributed by atoms with Crippen LogP contribution in [0.1, 0.15) is 12.0 Å². The average Bonchev–Trinajstić information content (AvgIpc) is 2.56. The van der Waals surface area contributed by atoms with E-state index in [-0.39, 0.29) is 12.4 Å². The Kier molecular flexibility index (Phi) is 5.06. The molecule has 84 valence electrons. The van der Waals surface area contributed by atoms with Gasteiger partial charge in [-0.25, -0.2) is 0 Å². The second-order valence-corrected chi connectivity index (χ2v) is 4.83. The van der Waals surface area contributed by atoms with E-state index < -0.39 is 0 Å². The molecular weight excluding hydrogens is 275 g/mol. The molecule has 0 bridgehead atoms. The van der Waals surface area contributed by atoms with Gasteiger partial charge in [-0.15, -0.1) is 12.4 Å². The Hall–Kier alpha value is -0.0900. The third kappa shape index (κ3) is 3.76. The molecule has 1 aliphatic rings. The van der Waals surface area contributed by atoms with Crippen LogP contribution in [0, 0.1) is 0 Å². The molecule has 0 aromatic heterocycles. The van der Waals surface area contributed by atoms with Gasteiger partial charge < -0.3 is 5.73 Å². The van der Waals surface area contributed by atoms with Crippen LogP contribution in [0.15, 0.2) is 28.7 Å². The predicted octanol–water partition coefficient (Wildman–Crippen LogP) is 2.40. The zero-order valence-electron chi connectivity index (χ0n) is 8.53. The Morgan fingerprint density at radius 3 is 2.53 bits per heavy atom. The van der Waals surface area contributed by atoms with Gasteiger partial charge in [0.1, 0.15) is 0 Å². The first-order valence-corrected chi connectivity index (χ1v) is 5.76. The topological polar surface area (TPSA) is 29.3 Å². The van der Waals surface area contributed by atoms with Crippen molar-refractivity contribution in [2.24, 2.45) is 5.73 Å². The van der Waals surface area contributed by atoms with Crippen molar-refractivity contribution in [3.63, 3.8) is 0 Å². The molecule has 1 heterocycles. The number of hydrogen-bond acceptors (Lipinski definition) is 2. The van der Waals surface area contributed by atoms with Crippen LogP contribution < -0.4 is 5.73 Å². The summed E-state index contributed by atoms with van der Waals surface area (Å²) >= 11 is 3.43. The lowest BCUT2D eigenvalue weighted by Crippen LogP contribution is -2.26. The molecule has 0 spiro atoms. The van der Waals surface area contributed by atoms with Crippen molar-refractivity contribution in [3.8, 4) is 0 Å². The van der Waals surface area contributed by atoms with Crippen LogP contribution in [0.2, 0.25) is 0 Å². The standard InChI is InChI=1S/C11H15BrN2.ClH/c12-10-3-1-9(2-4-10)7-14-6-5-11(13)8-14;/h1-4,11H,5-8,13H2;1H/t11-;/m0./s1. The highest BCUT2D eigenvalue weighted by Crippen LogP contribution is 2.15. The molecule has 2 nitrogen and oxygen atoms in total. The number of likely N-dealkylation sites (tertiary alicyclic amines) is 1.